The van der Waals surface area contributed by atoms with Gasteiger partial charge >= 0.3 is 0 Å². The van der Waals surface area contributed by atoms with Gasteiger partial charge in [0.2, 0.25) is 5.91 Å². The van der Waals surface area contributed by atoms with Crippen molar-refractivity contribution < 1.29 is 9.53 Å². The molecule has 0 N–H and O–H groups in total. The van der Waals surface area contributed by atoms with Crippen molar-refractivity contribution in [2.24, 2.45) is 0 Å². The van der Waals surface area contributed by atoms with Gasteiger partial charge in [0.25, 0.3) is 0 Å². The molecule has 0 spiro atoms. The largest absolute Gasteiger partial charge is 0.378 e. The number of benzene rings is 1. The molecule has 1 amide bonds. The van der Waals surface area contributed by atoms with E-state index in [0.717, 1.165) is 45.0 Å². The summed E-state index contributed by atoms with van der Waals surface area (Å²) in [5, 5.41) is 2.05. The van der Waals surface area contributed by atoms with Crippen molar-refractivity contribution in [1.82, 2.24) is 19.9 Å². The van der Waals surface area contributed by atoms with Gasteiger partial charge in [-0.2, -0.15) is 0 Å². The van der Waals surface area contributed by atoms with E-state index in [9.17, 15) is 4.79 Å². The van der Waals surface area contributed by atoms with E-state index in [1.54, 1.807) is 17.7 Å². The van der Waals surface area contributed by atoms with Crippen LogP contribution in [0.5, 0.6) is 0 Å². The number of carbonyl (C=O) groups is 1. The summed E-state index contributed by atoms with van der Waals surface area (Å²) in [5.74, 6) is 0.512. The molecule has 0 atom stereocenters. The van der Waals surface area contributed by atoms with Gasteiger partial charge in [0.15, 0.2) is 0 Å². The van der Waals surface area contributed by atoms with Gasteiger partial charge in [-0.1, -0.05) is 42.1 Å². The van der Waals surface area contributed by atoms with Crippen molar-refractivity contribution >= 4 is 49.4 Å². The summed E-state index contributed by atoms with van der Waals surface area (Å²) in [7, 11) is 0. The third kappa shape index (κ3) is 3.46. The number of thioether (sulfide) groups is 1. The first-order valence-electron chi connectivity index (χ1n) is 10.9. The van der Waals surface area contributed by atoms with Crippen LogP contribution in [0.3, 0.4) is 0 Å². The summed E-state index contributed by atoms with van der Waals surface area (Å²) in [4.78, 5) is 29.8. The highest BCUT2D eigenvalue weighted by Crippen LogP contribution is 2.43. The number of hydrogen-bond acceptors (Lipinski definition) is 7. The van der Waals surface area contributed by atoms with Crippen molar-refractivity contribution in [3.05, 3.63) is 47.8 Å². The van der Waals surface area contributed by atoms with Crippen LogP contribution in [0, 0.1) is 0 Å². The molecule has 6 rings (SSSR count). The number of thiophene rings is 1. The second-order valence-electron chi connectivity index (χ2n) is 8.06. The van der Waals surface area contributed by atoms with Crippen LogP contribution in [0.15, 0.2) is 41.7 Å². The molecular weight excluding hydrogens is 440 g/mol. The molecule has 1 aromatic carbocycles. The zero-order chi connectivity index (χ0) is 21.5. The lowest BCUT2D eigenvalue weighted by atomic mass is 10.0. The summed E-state index contributed by atoms with van der Waals surface area (Å²) in [6.07, 6.45) is 4.89. The van der Waals surface area contributed by atoms with Gasteiger partial charge < -0.3 is 9.64 Å². The second-order valence-corrected chi connectivity index (χ2v) is 10.0. The minimum absolute atomic E-state index is 0.136. The number of aryl methyl sites for hydroxylation is 1. The van der Waals surface area contributed by atoms with Gasteiger partial charge in [-0.3, -0.25) is 4.79 Å². The van der Waals surface area contributed by atoms with Crippen molar-refractivity contribution in [1.29, 1.82) is 0 Å². The number of amides is 1. The van der Waals surface area contributed by atoms with Gasteiger partial charge in [0, 0.05) is 24.0 Å². The van der Waals surface area contributed by atoms with E-state index in [4.69, 9.17) is 9.72 Å². The maximum atomic E-state index is 12.6. The van der Waals surface area contributed by atoms with E-state index in [2.05, 4.69) is 34.2 Å². The van der Waals surface area contributed by atoms with E-state index >= 15 is 0 Å². The number of aromatic nitrogens is 3. The number of morpholine rings is 1. The number of fused-ring (bicyclic) bond motifs is 5. The summed E-state index contributed by atoms with van der Waals surface area (Å²) in [6, 6.07) is 10.5. The van der Waals surface area contributed by atoms with Crippen molar-refractivity contribution in [3.8, 4) is 11.3 Å². The smallest absolute Gasteiger partial charge is 0.233 e. The first kappa shape index (κ1) is 20.1. The lowest BCUT2D eigenvalue weighted by Gasteiger charge is -2.26. The Labute approximate surface area is 194 Å². The number of nitrogens with zero attached hydrogens (tertiary/aromatic N) is 4. The SMILES string of the molecule is O=C(CSc1ncnc2c1sc1nc(-c3ccccc3)c3c(c12)CCC3)N1CCOCC1. The van der Waals surface area contributed by atoms with Gasteiger partial charge in [-0.05, 0) is 30.4 Å². The van der Waals surface area contributed by atoms with Crippen molar-refractivity contribution in [2.75, 3.05) is 32.1 Å². The average Bonchev–Trinajstić information content (AvgIpc) is 3.48. The molecular formula is C24H22N4O2S2. The molecule has 162 valence electrons. The van der Waals surface area contributed by atoms with Gasteiger partial charge in [0.1, 0.15) is 16.2 Å². The predicted molar refractivity (Wildman–Crippen MR) is 128 cm³/mol. The van der Waals surface area contributed by atoms with E-state index < -0.39 is 0 Å². The number of ether oxygens (including phenoxy) is 1. The first-order valence-corrected chi connectivity index (χ1v) is 12.7. The molecule has 4 heterocycles. The van der Waals surface area contributed by atoms with E-state index in [-0.39, 0.29) is 5.91 Å². The molecule has 3 aromatic heterocycles. The van der Waals surface area contributed by atoms with E-state index in [1.807, 2.05) is 11.0 Å². The third-order valence-corrected chi connectivity index (χ3v) is 8.37. The molecule has 2 aliphatic rings. The zero-order valence-corrected chi connectivity index (χ0v) is 19.2. The van der Waals surface area contributed by atoms with Crippen LogP contribution in [0.4, 0.5) is 0 Å². The van der Waals surface area contributed by atoms with E-state index in [0.29, 0.717) is 32.1 Å². The molecule has 1 fully saturated rings. The fourth-order valence-electron chi connectivity index (χ4n) is 4.65. The van der Waals surface area contributed by atoms with Crippen LogP contribution in [-0.4, -0.2) is 57.8 Å². The van der Waals surface area contributed by atoms with Crippen LogP contribution in [0.25, 0.3) is 31.7 Å². The minimum atomic E-state index is 0.136. The molecule has 32 heavy (non-hydrogen) atoms. The zero-order valence-electron chi connectivity index (χ0n) is 17.5. The third-order valence-electron chi connectivity index (χ3n) is 6.18. The molecule has 0 saturated carbocycles. The fraction of sp³-hybridized carbons (Fsp3) is 0.333. The highest BCUT2D eigenvalue weighted by atomic mass is 32.2. The highest BCUT2D eigenvalue weighted by molar-refractivity contribution is 8.00. The minimum Gasteiger partial charge on any atom is -0.378 e. The quantitative estimate of drug-likeness (QED) is 0.332. The Morgan fingerprint density at radius 1 is 1.09 bits per heavy atom. The van der Waals surface area contributed by atoms with Gasteiger partial charge in [-0.25, -0.2) is 15.0 Å². The summed E-state index contributed by atoms with van der Waals surface area (Å²) in [5.41, 5.74) is 5.99. The molecule has 8 heteroatoms. The number of rotatable bonds is 4. The monoisotopic (exact) mass is 462 g/mol. The maximum absolute atomic E-state index is 12.6. The standard InChI is InChI=1S/C24H22N4O2S2/c29-18(28-9-11-30-12-10-28)13-31-24-22-21(25-14-26-24)19-16-7-4-8-17(16)20(27-23(19)32-22)15-5-2-1-3-6-15/h1-3,5-6,14H,4,7-13H2. The molecule has 4 aromatic rings. The van der Waals surface area contributed by atoms with Crippen molar-refractivity contribution in [3.63, 3.8) is 0 Å². The van der Waals surface area contributed by atoms with Crippen LogP contribution in [0.1, 0.15) is 17.5 Å². The molecule has 1 aliphatic heterocycles. The second kappa shape index (κ2) is 8.42. The molecule has 0 radical (unpaired) electrons. The number of hydrogen-bond donors (Lipinski definition) is 0. The normalized spacial score (nSPS) is 16.1. The van der Waals surface area contributed by atoms with Crippen LogP contribution in [0.2, 0.25) is 0 Å². The Morgan fingerprint density at radius 3 is 2.75 bits per heavy atom. The van der Waals surface area contributed by atoms with Gasteiger partial charge in [-0.15, -0.1) is 11.3 Å². The highest BCUT2D eigenvalue weighted by Gasteiger charge is 2.25. The Bertz CT molecular complexity index is 1320. The van der Waals surface area contributed by atoms with E-state index in [1.165, 1.54) is 33.8 Å². The summed E-state index contributed by atoms with van der Waals surface area (Å²) in [6.45, 7) is 2.57. The van der Waals surface area contributed by atoms with Crippen molar-refractivity contribution in [2.45, 2.75) is 24.3 Å². The topological polar surface area (TPSA) is 68.2 Å². The summed E-state index contributed by atoms with van der Waals surface area (Å²) >= 11 is 3.15. The van der Waals surface area contributed by atoms with Crippen LogP contribution >= 0.6 is 23.1 Å². The Hall–Kier alpha value is -2.55. The van der Waals surface area contributed by atoms with Crippen LogP contribution < -0.4 is 0 Å². The molecule has 6 nitrogen and oxygen atoms in total. The lowest BCUT2D eigenvalue weighted by Crippen LogP contribution is -2.41. The molecule has 0 unspecified atom stereocenters. The fourth-order valence-corrected chi connectivity index (χ4v) is 6.79. The lowest BCUT2D eigenvalue weighted by molar-refractivity contribution is -0.132. The number of carbonyl (C=O) groups excluding carboxylic acids is 1. The Balaban J connectivity index is 1.40. The molecule has 1 saturated heterocycles. The maximum Gasteiger partial charge on any atom is 0.233 e. The number of pyridine rings is 1. The average molecular weight is 463 g/mol. The summed E-state index contributed by atoms with van der Waals surface area (Å²) < 4.78 is 6.39. The molecule has 0 bridgehead atoms. The molecule has 1 aliphatic carbocycles. The Kier molecular flexibility index (Phi) is 5.29. The first-order chi connectivity index (χ1) is 15.8. The Morgan fingerprint density at radius 2 is 1.91 bits per heavy atom. The van der Waals surface area contributed by atoms with Crippen LogP contribution in [-0.2, 0) is 22.4 Å². The van der Waals surface area contributed by atoms with Gasteiger partial charge in [0.05, 0.1) is 34.9 Å². The predicted octanol–water partition coefficient (Wildman–Crippen LogP) is 4.35.